The summed E-state index contributed by atoms with van der Waals surface area (Å²) in [6.45, 7) is 10.7. The SMILES string of the molecule is Cc1ccc(CNC(=O)C2CCN(c3nccn4nc(-c5ccc(C)c(C)c5)cc34)CC2)cc1C. The van der Waals surface area contributed by atoms with Crippen LogP contribution in [0, 0.1) is 33.6 Å². The van der Waals surface area contributed by atoms with Crippen molar-refractivity contribution in [1.82, 2.24) is 19.9 Å². The number of amides is 1. The van der Waals surface area contributed by atoms with Crippen molar-refractivity contribution in [1.29, 1.82) is 0 Å². The van der Waals surface area contributed by atoms with Gasteiger partial charge < -0.3 is 10.2 Å². The fraction of sp³-hybridized carbons (Fsp3) is 0.345. The van der Waals surface area contributed by atoms with E-state index >= 15 is 0 Å². The highest BCUT2D eigenvalue weighted by molar-refractivity contribution is 5.80. The van der Waals surface area contributed by atoms with Gasteiger partial charge in [0.15, 0.2) is 5.82 Å². The topological polar surface area (TPSA) is 62.5 Å². The summed E-state index contributed by atoms with van der Waals surface area (Å²) in [7, 11) is 0. The molecule has 0 spiro atoms. The zero-order chi connectivity index (χ0) is 24.5. The molecular weight excluding hydrogens is 434 g/mol. The maximum Gasteiger partial charge on any atom is 0.223 e. The second kappa shape index (κ2) is 9.53. The van der Waals surface area contributed by atoms with Gasteiger partial charge in [0.1, 0.15) is 5.52 Å². The molecule has 0 radical (unpaired) electrons. The molecule has 3 heterocycles. The number of aromatic nitrogens is 3. The predicted molar refractivity (Wildman–Crippen MR) is 141 cm³/mol. The minimum Gasteiger partial charge on any atom is -0.355 e. The fourth-order valence-corrected chi connectivity index (χ4v) is 4.79. The molecule has 5 rings (SSSR count). The van der Waals surface area contributed by atoms with Crippen molar-refractivity contribution < 1.29 is 4.79 Å². The second-order valence-electron chi connectivity index (χ2n) is 9.81. The van der Waals surface area contributed by atoms with Crippen molar-refractivity contribution in [3.05, 3.63) is 82.7 Å². The molecule has 1 aliphatic rings. The number of hydrogen-bond donors (Lipinski definition) is 1. The molecule has 0 bridgehead atoms. The van der Waals surface area contributed by atoms with Crippen molar-refractivity contribution in [2.24, 2.45) is 5.92 Å². The van der Waals surface area contributed by atoms with Gasteiger partial charge in [0.2, 0.25) is 5.91 Å². The number of carbonyl (C=O) groups excluding carboxylic acids is 1. The first-order valence-electron chi connectivity index (χ1n) is 12.4. The van der Waals surface area contributed by atoms with Gasteiger partial charge in [-0.3, -0.25) is 4.79 Å². The van der Waals surface area contributed by atoms with Crippen LogP contribution in [-0.4, -0.2) is 33.6 Å². The van der Waals surface area contributed by atoms with Crippen LogP contribution in [0.3, 0.4) is 0 Å². The summed E-state index contributed by atoms with van der Waals surface area (Å²) < 4.78 is 1.91. The highest BCUT2D eigenvalue weighted by atomic mass is 16.1. The van der Waals surface area contributed by atoms with Gasteiger partial charge in [-0.25, -0.2) is 9.50 Å². The van der Waals surface area contributed by atoms with E-state index in [0.717, 1.165) is 54.1 Å². The monoisotopic (exact) mass is 467 g/mol. The number of benzene rings is 2. The molecule has 6 heteroatoms. The molecule has 0 saturated carbocycles. The molecular formula is C29H33N5O. The van der Waals surface area contributed by atoms with Crippen LogP contribution in [0.2, 0.25) is 0 Å². The van der Waals surface area contributed by atoms with E-state index in [1.807, 2.05) is 16.9 Å². The number of fused-ring (bicyclic) bond motifs is 1. The lowest BCUT2D eigenvalue weighted by atomic mass is 9.95. The van der Waals surface area contributed by atoms with E-state index in [2.05, 4.69) is 80.4 Å². The van der Waals surface area contributed by atoms with E-state index in [0.29, 0.717) is 6.54 Å². The highest BCUT2D eigenvalue weighted by Gasteiger charge is 2.26. The van der Waals surface area contributed by atoms with Crippen LogP contribution in [-0.2, 0) is 11.3 Å². The summed E-state index contributed by atoms with van der Waals surface area (Å²) in [4.78, 5) is 19.8. The minimum absolute atomic E-state index is 0.0357. The molecule has 1 saturated heterocycles. The number of rotatable bonds is 5. The zero-order valence-electron chi connectivity index (χ0n) is 21.0. The van der Waals surface area contributed by atoms with Crippen LogP contribution < -0.4 is 10.2 Å². The Bertz CT molecular complexity index is 1380. The maximum atomic E-state index is 12.8. The van der Waals surface area contributed by atoms with Crippen LogP contribution >= 0.6 is 0 Å². The van der Waals surface area contributed by atoms with Crippen LogP contribution in [0.15, 0.2) is 54.9 Å². The Balaban J connectivity index is 1.25. The van der Waals surface area contributed by atoms with Crippen molar-refractivity contribution in [2.75, 3.05) is 18.0 Å². The largest absolute Gasteiger partial charge is 0.355 e. The number of hydrogen-bond acceptors (Lipinski definition) is 4. The van der Waals surface area contributed by atoms with Gasteiger partial charge in [0, 0.05) is 43.5 Å². The van der Waals surface area contributed by atoms with Crippen LogP contribution in [0.4, 0.5) is 5.82 Å². The van der Waals surface area contributed by atoms with E-state index in [1.54, 1.807) is 0 Å². The van der Waals surface area contributed by atoms with E-state index in [-0.39, 0.29) is 11.8 Å². The van der Waals surface area contributed by atoms with Crippen molar-refractivity contribution in [3.63, 3.8) is 0 Å². The van der Waals surface area contributed by atoms with Gasteiger partial charge in [-0.15, -0.1) is 0 Å². The quantitative estimate of drug-likeness (QED) is 0.440. The molecule has 1 N–H and O–H groups in total. The lowest BCUT2D eigenvalue weighted by Gasteiger charge is -2.32. The highest BCUT2D eigenvalue weighted by Crippen LogP contribution is 2.29. The Morgan fingerprint density at radius 1 is 0.943 bits per heavy atom. The van der Waals surface area contributed by atoms with E-state index in [9.17, 15) is 4.79 Å². The Morgan fingerprint density at radius 3 is 2.37 bits per heavy atom. The third kappa shape index (κ3) is 4.78. The summed E-state index contributed by atoms with van der Waals surface area (Å²) >= 11 is 0. The molecule has 1 aliphatic heterocycles. The van der Waals surface area contributed by atoms with Crippen molar-refractivity contribution >= 4 is 17.2 Å². The molecule has 180 valence electrons. The molecule has 6 nitrogen and oxygen atoms in total. The Morgan fingerprint density at radius 2 is 1.66 bits per heavy atom. The predicted octanol–water partition coefficient (Wildman–Crippen LogP) is 5.16. The first kappa shape index (κ1) is 23.1. The van der Waals surface area contributed by atoms with Gasteiger partial charge in [-0.05, 0) is 80.5 Å². The third-order valence-corrected chi connectivity index (χ3v) is 7.38. The van der Waals surface area contributed by atoms with Gasteiger partial charge >= 0.3 is 0 Å². The smallest absolute Gasteiger partial charge is 0.223 e. The normalized spacial score (nSPS) is 14.5. The van der Waals surface area contributed by atoms with E-state index < -0.39 is 0 Å². The second-order valence-corrected chi connectivity index (χ2v) is 9.81. The molecule has 0 unspecified atom stereocenters. The first-order chi connectivity index (χ1) is 16.9. The number of nitrogens with one attached hydrogen (secondary N) is 1. The van der Waals surface area contributed by atoms with Crippen LogP contribution in [0.5, 0.6) is 0 Å². The summed E-state index contributed by atoms with van der Waals surface area (Å²) in [6.07, 6.45) is 5.34. The molecule has 35 heavy (non-hydrogen) atoms. The molecule has 2 aromatic heterocycles. The van der Waals surface area contributed by atoms with Crippen molar-refractivity contribution in [3.8, 4) is 11.3 Å². The molecule has 0 aliphatic carbocycles. The summed E-state index contributed by atoms with van der Waals surface area (Å²) in [5.41, 5.74) is 9.28. The summed E-state index contributed by atoms with van der Waals surface area (Å²) in [5.74, 6) is 1.12. The van der Waals surface area contributed by atoms with Crippen LogP contribution in [0.25, 0.3) is 16.8 Å². The number of nitrogens with zero attached hydrogens (tertiary/aromatic N) is 4. The summed E-state index contributed by atoms with van der Waals surface area (Å²) in [5, 5.41) is 7.95. The van der Waals surface area contributed by atoms with Gasteiger partial charge in [0.05, 0.1) is 5.69 Å². The summed E-state index contributed by atoms with van der Waals surface area (Å²) in [6, 6.07) is 14.9. The molecule has 4 aromatic rings. The molecule has 0 atom stereocenters. The van der Waals surface area contributed by atoms with Gasteiger partial charge in [0.25, 0.3) is 0 Å². The van der Waals surface area contributed by atoms with Crippen molar-refractivity contribution in [2.45, 2.75) is 47.1 Å². The number of piperidine rings is 1. The first-order valence-corrected chi connectivity index (χ1v) is 12.4. The van der Waals surface area contributed by atoms with Gasteiger partial charge in [-0.1, -0.05) is 30.3 Å². The number of aryl methyl sites for hydroxylation is 4. The third-order valence-electron chi connectivity index (χ3n) is 7.38. The minimum atomic E-state index is 0.0357. The molecule has 1 amide bonds. The Kier molecular flexibility index (Phi) is 6.29. The van der Waals surface area contributed by atoms with E-state index in [1.165, 1.54) is 22.3 Å². The van der Waals surface area contributed by atoms with E-state index in [4.69, 9.17) is 10.1 Å². The standard InChI is InChI=1S/C29H33N5O/c1-19-5-7-23(15-21(19)3)18-31-29(35)24-9-12-33(13-10-24)28-27-17-26(32-34(27)14-11-30-28)25-8-6-20(2)22(4)16-25/h5-8,11,14-17,24H,9-10,12-13,18H2,1-4H3,(H,31,35). The number of anilines is 1. The number of carbonyl (C=O) groups is 1. The maximum absolute atomic E-state index is 12.8. The zero-order valence-corrected chi connectivity index (χ0v) is 21.0. The molecule has 1 fully saturated rings. The van der Waals surface area contributed by atoms with Crippen LogP contribution in [0.1, 0.15) is 40.7 Å². The van der Waals surface area contributed by atoms with Gasteiger partial charge in [-0.2, -0.15) is 5.10 Å². The fourth-order valence-electron chi connectivity index (χ4n) is 4.79. The average Bonchev–Trinajstić information content (AvgIpc) is 3.31. The Hall–Kier alpha value is -3.67. The lowest BCUT2D eigenvalue weighted by molar-refractivity contribution is -0.125. The molecule has 2 aromatic carbocycles. The Labute approximate surface area is 207 Å². The lowest BCUT2D eigenvalue weighted by Crippen LogP contribution is -2.40. The average molecular weight is 468 g/mol.